The van der Waals surface area contributed by atoms with Crippen molar-refractivity contribution in [3.05, 3.63) is 29.8 Å². The Hall–Kier alpha value is -0.120. The first-order chi connectivity index (χ1) is 4.70. The van der Waals surface area contributed by atoms with E-state index >= 15 is 0 Å². The Morgan fingerprint density at radius 2 is 2.10 bits per heavy atom. The van der Waals surface area contributed by atoms with E-state index in [2.05, 4.69) is 25.3 Å². The molecule has 0 spiro atoms. The number of rotatable bonds is 1. The monoisotopic (exact) mass is 172 g/mol. The van der Waals surface area contributed by atoms with Crippen LogP contribution in [0.4, 0.5) is 0 Å². The van der Waals surface area contributed by atoms with Crippen molar-refractivity contribution in [2.75, 3.05) is 0 Å². The lowest BCUT2D eigenvalue weighted by Crippen LogP contribution is -1.86. The van der Waals surface area contributed by atoms with Crippen LogP contribution < -0.4 is 0 Å². The molecule has 1 atom stereocenters. The number of hydrogen-bond acceptors (Lipinski definition) is 3. The molecule has 0 aromatic heterocycles. The maximum Gasteiger partial charge on any atom is 0.122 e. The van der Waals surface area contributed by atoms with Gasteiger partial charge in [0.15, 0.2) is 0 Å². The Morgan fingerprint density at radius 3 is 2.50 bits per heavy atom. The van der Waals surface area contributed by atoms with Gasteiger partial charge in [-0.15, -0.1) is 25.3 Å². The van der Waals surface area contributed by atoms with Gasteiger partial charge in [0.1, 0.15) is 5.44 Å². The molecule has 0 fully saturated rings. The van der Waals surface area contributed by atoms with E-state index in [9.17, 15) is 0 Å². The second-order valence-corrected chi connectivity index (χ2v) is 2.97. The van der Waals surface area contributed by atoms with Gasteiger partial charge in [0.05, 0.1) is 0 Å². The highest BCUT2D eigenvalue weighted by atomic mass is 32.1. The number of thiol groups is 2. The molecule has 1 rings (SSSR count). The third kappa shape index (κ3) is 1.94. The molecule has 54 valence electrons. The van der Waals surface area contributed by atoms with E-state index in [1.54, 1.807) is 12.1 Å². The summed E-state index contributed by atoms with van der Waals surface area (Å²) in [5.41, 5.74) is 0.0722. The SMILES string of the molecule is OC(S)c1cccc(S)c1. The molecule has 3 heteroatoms. The van der Waals surface area contributed by atoms with Crippen molar-refractivity contribution in [1.29, 1.82) is 0 Å². The molecule has 0 radical (unpaired) electrons. The summed E-state index contributed by atoms with van der Waals surface area (Å²) in [6.07, 6.45) is 0. The molecule has 0 aliphatic rings. The topological polar surface area (TPSA) is 20.2 Å². The summed E-state index contributed by atoms with van der Waals surface area (Å²) in [7, 11) is 0. The van der Waals surface area contributed by atoms with Gasteiger partial charge in [-0.25, -0.2) is 0 Å². The first kappa shape index (κ1) is 7.98. The van der Waals surface area contributed by atoms with Gasteiger partial charge in [-0.2, -0.15) is 0 Å². The normalized spacial score (nSPS) is 13.1. The van der Waals surface area contributed by atoms with Crippen molar-refractivity contribution in [2.24, 2.45) is 0 Å². The fourth-order valence-electron chi connectivity index (χ4n) is 0.685. The third-order valence-corrected chi connectivity index (χ3v) is 1.74. The molecule has 10 heavy (non-hydrogen) atoms. The van der Waals surface area contributed by atoms with Crippen LogP contribution in [-0.4, -0.2) is 5.11 Å². The van der Waals surface area contributed by atoms with Crippen LogP contribution in [0.5, 0.6) is 0 Å². The predicted molar refractivity (Wildman–Crippen MR) is 47.6 cm³/mol. The van der Waals surface area contributed by atoms with Gasteiger partial charge in [0.25, 0.3) is 0 Å². The minimum absolute atomic E-state index is 0.702. The Balaban J connectivity index is 2.96. The zero-order chi connectivity index (χ0) is 7.56. The largest absolute Gasteiger partial charge is 0.378 e. The van der Waals surface area contributed by atoms with Crippen molar-refractivity contribution >= 4 is 25.3 Å². The number of aliphatic hydroxyl groups is 1. The van der Waals surface area contributed by atoms with Crippen LogP contribution in [0.2, 0.25) is 0 Å². The Labute approximate surface area is 70.9 Å². The first-order valence-electron chi connectivity index (χ1n) is 2.85. The maximum atomic E-state index is 8.98. The molecule has 0 aliphatic heterocycles. The molecule has 1 nitrogen and oxygen atoms in total. The van der Waals surface area contributed by atoms with Gasteiger partial charge < -0.3 is 5.11 Å². The van der Waals surface area contributed by atoms with Crippen molar-refractivity contribution in [1.82, 2.24) is 0 Å². The summed E-state index contributed by atoms with van der Waals surface area (Å²) in [6.45, 7) is 0. The van der Waals surface area contributed by atoms with E-state index < -0.39 is 5.44 Å². The molecule has 0 bridgehead atoms. The van der Waals surface area contributed by atoms with Crippen molar-refractivity contribution in [2.45, 2.75) is 10.3 Å². The fourth-order valence-corrected chi connectivity index (χ4v) is 1.08. The molecule has 0 amide bonds. The molecule has 0 aliphatic carbocycles. The predicted octanol–water partition coefficient (Wildman–Crippen LogP) is 1.90. The quantitative estimate of drug-likeness (QED) is 0.436. The minimum atomic E-state index is -0.702. The van der Waals surface area contributed by atoms with Crippen molar-refractivity contribution < 1.29 is 5.11 Å². The van der Waals surface area contributed by atoms with Crippen LogP contribution in [0.1, 0.15) is 11.0 Å². The smallest absolute Gasteiger partial charge is 0.122 e. The standard InChI is InChI=1S/C7H8OS2/c8-7(10)5-2-1-3-6(9)4-5/h1-4,7-10H. The molecule has 1 aromatic rings. The number of aliphatic hydroxyl groups excluding tert-OH is 1. The zero-order valence-electron chi connectivity index (χ0n) is 5.23. The molecule has 1 N–H and O–H groups in total. The molecule has 1 aromatic carbocycles. The van der Waals surface area contributed by atoms with Gasteiger partial charge in [0, 0.05) is 4.90 Å². The van der Waals surface area contributed by atoms with E-state index in [4.69, 9.17) is 5.11 Å². The van der Waals surface area contributed by atoms with Crippen molar-refractivity contribution in [3.63, 3.8) is 0 Å². The molecular formula is C7H8OS2. The zero-order valence-corrected chi connectivity index (χ0v) is 7.02. The fraction of sp³-hybridized carbons (Fsp3) is 0.143. The highest BCUT2D eigenvalue weighted by Gasteiger charge is 1.99. The number of benzene rings is 1. The molecular weight excluding hydrogens is 164 g/mol. The lowest BCUT2D eigenvalue weighted by molar-refractivity contribution is 0.272. The molecule has 0 saturated heterocycles. The van der Waals surface area contributed by atoms with E-state index in [-0.39, 0.29) is 0 Å². The van der Waals surface area contributed by atoms with Gasteiger partial charge >= 0.3 is 0 Å². The lowest BCUT2D eigenvalue weighted by atomic mass is 10.2. The third-order valence-electron chi connectivity index (χ3n) is 1.17. The molecule has 0 heterocycles. The highest BCUT2D eigenvalue weighted by molar-refractivity contribution is 7.80. The van der Waals surface area contributed by atoms with Crippen LogP contribution in [0.15, 0.2) is 29.2 Å². The van der Waals surface area contributed by atoms with Crippen LogP contribution in [0.25, 0.3) is 0 Å². The second kappa shape index (κ2) is 3.32. The average Bonchev–Trinajstić information content (AvgIpc) is 1.88. The maximum absolute atomic E-state index is 8.98. The minimum Gasteiger partial charge on any atom is -0.378 e. The van der Waals surface area contributed by atoms with Crippen molar-refractivity contribution in [3.8, 4) is 0 Å². The summed E-state index contributed by atoms with van der Waals surface area (Å²) < 4.78 is 0. The Morgan fingerprint density at radius 1 is 1.40 bits per heavy atom. The van der Waals surface area contributed by atoms with Gasteiger partial charge in [-0.1, -0.05) is 12.1 Å². The van der Waals surface area contributed by atoms with Crippen LogP contribution in [0.3, 0.4) is 0 Å². The summed E-state index contributed by atoms with van der Waals surface area (Å²) in [6, 6.07) is 7.26. The first-order valence-corrected chi connectivity index (χ1v) is 3.81. The molecule has 1 unspecified atom stereocenters. The average molecular weight is 172 g/mol. The second-order valence-electron chi connectivity index (χ2n) is 1.97. The number of hydrogen-bond donors (Lipinski definition) is 3. The van der Waals surface area contributed by atoms with Gasteiger partial charge in [0.2, 0.25) is 0 Å². The Bertz CT molecular complexity index is 223. The summed E-state index contributed by atoms with van der Waals surface area (Å²) in [5.74, 6) is 0. The van der Waals surface area contributed by atoms with Crippen LogP contribution >= 0.6 is 25.3 Å². The summed E-state index contributed by atoms with van der Waals surface area (Å²) in [4.78, 5) is 0.839. The van der Waals surface area contributed by atoms with E-state index in [1.165, 1.54) is 0 Å². The van der Waals surface area contributed by atoms with Crippen LogP contribution in [0, 0.1) is 0 Å². The summed E-state index contributed by atoms with van der Waals surface area (Å²) >= 11 is 7.96. The van der Waals surface area contributed by atoms with E-state index in [1.807, 2.05) is 12.1 Å². The lowest BCUT2D eigenvalue weighted by Gasteiger charge is -2.02. The van der Waals surface area contributed by atoms with Gasteiger partial charge in [-0.05, 0) is 17.7 Å². The Kier molecular flexibility index (Phi) is 2.65. The summed E-state index contributed by atoms with van der Waals surface area (Å²) in [5, 5.41) is 8.98. The van der Waals surface area contributed by atoms with Crippen LogP contribution in [-0.2, 0) is 0 Å². The highest BCUT2D eigenvalue weighted by Crippen LogP contribution is 2.18. The van der Waals surface area contributed by atoms with E-state index in [0.29, 0.717) is 0 Å². The van der Waals surface area contributed by atoms with E-state index in [0.717, 1.165) is 10.5 Å². The van der Waals surface area contributed by atoms with Gasteiger partial charge in [-0.3, -0.25) is 0 Å². The molecule has 0 saturated carbocycles.